The van der Waals surface area contributed by atoms with Crippen LogP contribution in [0.25, 0.3) is 0 Å². The molecule has 4 nitrogen and oxygen atoms in total. The van der Waals surface area contributed by atoms with Gasteiger partial charge in [0, 0.05) is 5.41 Å². The third-order valence-electron chi connectivity index (χ3n) is 6.31. The van der Waals surface area contributed by atoms with Gasteiger partial charge in [0.15, 0.2) is 18.5 Å². The lowest BCUT2D eigenvalue weighted by Crippen LogP contribution is -2.51. The minimum atomic E-state index is -1.32. The van der Waals surface area contributed by atoms with E-state index in [4.69, 9.17) is 4.74 Å². The van der Waals surface area contributed by atoms with Gasteiger partial charge in [0.05, 0.1) is 0 Å². The lowest BCUT2D eigenvalue weighted by molar-refractivity contribution is -0.163. The number of benzene rings is 1. The van der Waals surface area contributed by atoms with Gasteiger partial charge in [-0.2, -0.15) is 0 Å². The second kappa shape index (κ2) is 5.99. The van der Waals surface area contributed by atoms with Gasteiger partial charge in [0.1, 0.15) is 0 Å². The highest BCUT2D eigenvalue weighted by Gasteiger charge is 2.54. The lowest BCUT2D eigenvalue weighted by atomic mass is 9.48. The van der Waals surface area contributed by atoms with Crippen LogP contribution in [0.4, 0.5) is 0 Å². The number of rotatable bonds is 5. The Hall–Kier alpha value is -1.68. The number of hydrogen-bond acceptors (Lipinski definition) is 4. The highest BCUT2D eigenvalue weighted by Crippen LogP contribution is 2.60. The van der Waals surface area contributed by atoms with Crippen LogP contribution < -0.4 is 0 Å². The monoisotopic (exact) mass is 328 g/mol. The second-order valence-electron chi connectivity index (χ2n) is 8.04. The zero-order valence-corrected chi connectivity index (χ0v) is 13.8. The summed E-state index contributed by atoms with van der Waals surface area (Å²) in [6.45, 7) is -0.200. The first-order chi connectivity index (χ1) is 11.6. The Morgan fingerprint density at radius 2 is 1.58 bits per heavy atom. The molecule has 4 saturated carbocycles. The predicted octanol–water partition coefficient (Wildman–Crippen LogP) is 3.05. The number of ketones is 1. The van der Waals surface area contributed by atoms with Crippen LogP contribution in [0.3, 0.4) is 0 Å². The van der Waals surface area contributed by atoms with Gasteiger partial charge in [-0.1, -0.05) is 30.3 Å². The SMILES string of the molecule is O=C(OCC(=O)C12CC3CC(CC(C3)C1)C2)C(O)c1ccccc1. The maximum atomic E-state index is 12.8. The lowest BCUT2D eigenvalue weighted by Gasteiger charge is -2.55. The van der Waals surface area contributed by atoms with E-state index < -0.39 is 12.1 Å². The largest absolute Gasteiger partial charge is 0.455 e. The van der Waals surface area contributed by atoms with Crippen LogP contribution in [0.5, 0.6) is 0 Å². The molecule has 5 rings (SSSR count). The van der Waals surface area contributed by atoms with Gasteiger partial charge in [-0.3, -0.25) is 4.79 Å². The van der Waals surface area contributed by atoms with Crippen molar-refractivity contribution in [2.75, 3.05) is 6.61 Å². The summed E-state index contributed by atoms with van der Waals surface area (Å²) in [6.07, 6.45) is 5.41. The van der Waals surface area contributed by atoms with Gasteiger partial charge in [-0.25, -0.2) is 4.79 Å². The summed E-state index contributed by atoms with van der Waals surface area (Å²) < 4.78 is 5.17. The van der Waals surface area contributed by atoms with Crippen LogP contribution in [-0.4, -0.2) is 23.5 Å². The maximum absolute atomic E-state index is 12.8. The van der Waals surface area contributed by atoms with E-state index in [2.05, 4.69) is 0 Å². The third kappa shape index (κ3) is 2.77. The zero-order valence-electron chi connectivity index (χ0n) is 13.8. The van der Waals surface area contributed by atoms with Crippen molar-refractivity contribution in [1.29, 1.82) is 0 Å². The number of aliphatic hydroxyl groups excluding tert-OH is 1. The number of carbonyl (C=O) groups excluding carboxylic acids is 2. The van der Waals surface area contributed by atoms with Crippen LogP contribution in [0.15, 0.2) is 30.3 Å². The molecule has 1 N–H and O–H groups in total. The Kier molecular flexibility index (Phi) is 3.95. The van der Waals surface area contributed by atoms with Crippen LogP contribution in [0.1, 0.15) is 50.2 Å². The Morgan fingerprint density at radius 3 is 2.12 bits per heavy atom. The first kappa shape index (κ1) is 15.8. The summed E-state index contributed by atoms with van der Waals surface area (Å²) in [5.41, 5.74) is 0.233. The number of esters is 1. The maximum Gasteiger partial charge on any atom is 0.340 e. The summed E-state index contributed by atoms with van der Waals surface area (Å²) in [5, 5.41) is 10.1. The van der Waals surface area contributed by atoms with Crippen molar-refractivity contribution in [2.24, 2.45) is 23.2 Å². The molecule has 1 aromatic rings. The number of aliphatic hydroxyl groups is 1. The fraction of sp³-hybridized carbons (Fsp3) is 0.600. The molecular formula is C20H24O4. The van der Waals surface area contributed by atoms with Gasteiger partial charge < -0.3 is 9.84 Å². The molecule has 0 heterocycles. The van der Waals surface area contributed by atoms with Crippen molar-refractivity contribution >= 4 is 11.8 Å². The third-order valence-corrected chi connectivity index (χ3v) is 6.31. The molecule has 0 amide bonds. The molecular weight excluding hydrogens is 304 g/mol. The molecule has 128 valence electrons. The Labute approximate surface area is 142 Å². The average molecular weight is 328 g/mol. The van der Waals surface area contributed by atoms with E-state index in [1.54, 1.807) is 24.3 Å². The molecule has 0 aliphatic heterocycles. The molecule has 4 aliphatic carbocycles. The van der Waals surface area contributed by atoms with Crippen LogP contribution in [0, 0.1) is 23.2 Å². The van der Waals surface area contributed by atoms with E-state index in [1.165, 1.54) is 19.3 Å². The Balaban J connectivity index is 1.38. The van der Waals surface area contributed by atoms with E-state index >= 15 is 0 Å². The molecule has 0 radical (unpaired) electrons. The molecule has 0 aromatic heterocycles. The molecule has 0 spiro atoms. The first-order valence-electron chi connectivity index (χ1n) is 8.99. The van der Waals surface area contributed by atoms with Crippen molar-refractivity contribution in [1.82, 2.24) is 0 Å². The van der Waals surface area contributed by atoms with Gasteiger partial charge in [0.25, 0.3) is 0 Å². The second-order valence-corrected chi connectivity index (χ2v) is 8.04. The van der Waals surface area contributed by atoms with E-state index in [0.717, 1.165) is 19.3 Å². The van der Waals surface area contributed by atoms with Crippen LogP contribution in [-0.2, 0) is 14.3 Å². The molecule has 1 atom stereocenters. The fourth-order valence-electron chi connectivity index (χ4n) is 5.59. The number of hydrogen-bond donors (Lipinski definition) is 1. The summed E-state index contributed by atoms with van der Waals surface area (Å²) in [4.78, 5) is 24.9. The first-order valence-corrected chi connectivity index (χ1v) is 8.99. The zero-order chi connectivity index (χ0) is 16.7. The minimum Gasteiger partial charge on any atom is -0.455 e. The summed E-state index contributed by atoms with van der Waals surface area (Å²) >= 11 is 0. The number of Topliss-reactive ketones (excluding diaryl/α,β-unsaturated/α-hetero) is 1. The minimum absolute atomic E-state index is 0.0650. The Bertz CT molecular complexity index is 601. The van der Waals surface area contributed by atoms with E-state index in [9.17, 15) is 14.7 Å². The normalized spacial score (nSPS) is 34.8. The van der Waals surface area contributed by atoms with Crippen molar-refractivity contribution in [2.45, 2.75) is 44.6 Å². The van der Waals surface area contributed by atoms with Crippen molar-refractivity contribution in [3.8, 4) is 0 Å². The van der Waals surface area contributed by atoms with Gasteiger partial charge in [-0.05, 0) is 61.8 Å². The average Bonchev–Trinajstić information content (AvgIpc) is 2.58. The molecule has 4 fully saturated rings. The van der Waals surface area contributed by atoms with Gasteiger partial charge in [0.2, 0.25) is 0 Å². The van der Waals surface area contributed by atoms with Crippen molar-refractivity contribution in [3.63, 3.8) is 0 Å². The quantitative estimate of drug-likeness (QED) is 0.844. The highest BCUT2D eigenvalue weighted by molar-refractivity contribution is 5.88. The van der Waals surface area contributed by atoms with Crippen molar-refractivity contribution in [3.05, 3.63) is 35.9 Å². The van der Waals surface area contributed by atoms with Crippen molar-refractivity contribution < 1.29 is 19.4 Å². The van der Waals surface area contributed by atoms with Crippen LogP contribution in [0.2, 0.25) is 0 Å². The van der Waals surface area contributed by atoms with E-state index in [0.29, 0.717) is 23.3 Å². The fourth-order valence-corrected chi connectivity index (χ4v) is 5.59. The van der Waals surface area contributed by atoms with E-state index in [1.807, 2.05) is 6.07 Å². The van der Waals surface area contributed by atoms with Crippen LogP contribution >= 0.6 is 0 Å². The number of carbonyl (C=O) groups is 2. The van der Waals surface area contributed by atoms with Gasteiger partial charge in [-0.15, -0.1) is 0 Å². The highest BCUT2D eigenvalue weighted by atomic mass is 16.5. The number of ether oxygens (including phenoxy) is 1. The molecule has 4 bridgehead atoms. The van der Waals surface area contributed by atoms with E-state index in [-0.39, 0.29) is 17.8 Å². The predicted molar refractivity (Wildman–Crippen MR) is 88.0 cm³/mol. The molecule has 1 unspecified atom stereocenters. The summed E-state index contributed by atoms with van der Waals surface area (Å²) in [6, 6.07) is 8.68. The summed E-state index contributed by atoms with van der Waals surface area (Å²) in [7, 11) is 0. The molecule has 0 saturated heterocycles. The summed E-state index contributed by atoms with van der Waals surface area (Å²) in [5.74, 6) is 1.39. The molecule has 1 aromatic carbocycles. The smallest absolute Gasteiger partial charge is 0.340 e. The molecule has 4 aliphatic rings. The molecule has 24 heavy (non-hydrogen) atoms. The standard InChI is InChI=1S/C20H24O4/c21-17(12-24-19(23)18(22)16-4-2-1-3-5-16)20-9-13-6-14(10-20)8-15(7-13)11-20/h1-5,13-15,18,22H,6-12H2. The Morgan fingerprint density at radius 1 is 1.04 bits per heavy atom. The molecule has 4 heteroatoms. The topological polar surface area (TPSA) is 63.6 Å². The van der Waals surface area contributed by atoms with Gasteiger partial charge >= 0.3 is 5.97 Å².